The Morgan fingerprint density at radius 3 is 1.92 bits per heavy atom. The molecule has 1 saturated heterocycles. The quantitative estimate of drug-likeness (QED) is 0.0127. The molecule has 1 aromatic rings. The number of aliphatic hydroxyl groups excluding tert-OH is 2. The monoisotopic (exact) mass is 1110 g/mol. The lowest BCUT2D eigenvalue weighted by Crippen LogP contribution is -2.63. The van der Waals surface area contributed by atoms with E-state index in [9.17, 15) is 62.9 Å². The van der Waals surface area contributed by atoms with Crippen LogP contribution in [-0.2, 0) is 49.6 Å². The minimum atomic E-state index is -1.84. The van der Waals surface area contributed by atoms with E-state index in [2.05, 4.69) is 42.5 Å². The van der Waals surface area contributed by atoms with Crippen LogP contribution in [0.2, 0.25) is 0 Å². The van der Waals surface area contributed by atoms with E-state index in [1.807, 2.05) is 0 Å². The fourth-order valence-electron chi connectivity index (χ4n) is 8.10. The molecule has 1 fully saturated rings. The zero-order valence-corrected chi connectivity index (χ0v) is 43.8. The Morgan fingerprint density at radius 1 is 0.718 bits per heavy atom. The van der Waals surface area contributed by atoms with Crippen molar-refractivity contribution in [3.8, 4) is 0 Å². The Morgan fingerprint density at radius 2 is 1.32 bits per heavy atom. The highest BCUT2D eigenvalue weighted by Crippen LogP contribution is 2.21. The van der Waals surface area contributed by atoms with Crippen molar-refractivity contribution in [2.24, 2.45) is 40.1 Å². The number of amides is 8. The Labute approximate surface area is 451 Å². The Balaban J connectivity index is 2.32. The molecule has 0 aromatic heterocycles. The molecule has 2 rings (SSSR count). The number of aryl methyl sites for hydroxylation is 1. The lowest BCUT2D eigenvalue weighted by molar-refractivity contribution is -0.142. The van der Waals surface area contributed by atoms with Gasteiger partial charge in [0.1, 0.15) is 47.8 Å². The fourth-order valence-corrected chi connectivity index (χ4v) is 8.10. The summed E-state index contributed by atoms with van der Waals surface area (Å²) in [5.74, 6) is -9.66. The van der Waals surface area contributed by atoms with Gasteiger partial charge in [-0.3, -0.25) is 43.8 Å². The average Bonchev–Trinajstić information content (AvgIpc) is 3.92. The van der Waals surface area contributed by atoms with Crippen LogP contribution < -0.4 is 82.7 Å². The molecule has 438 valence electrons. The number of guanidine groups is 1. The SMILES string of the molecule is N=C(N)NCC/C=C(\NC(=O)[C@H](CCCCN)NC(=O)[C@H](CCc1cccc(F)c1)NC(=O)[C@@H]1CCCN1C(=O)[C@@H](CCCN)NC(=O)CNC(=O)[C@@H](NC(=O)[C@@H](NC(=O)[C@@H](N)CCCCN)[C@@H](O)CN)[C@@H](O)CN)C(=O)O. The zero-order chi connectivity index (χ0) is 58.3. The first-order valence-electron chi connectivity index (χ1n) is 25.9. The summed E-state index contributed by atoms with van der Waals surface area (Å²) in [4.78, 5) is 123. The molecule has 1 aliphatic heterocycles. The van der Waals surface area contributed by atoms with E-state index in [0.717, 1.165) is 0 Å². The minimum absolute atomic E-state index is 0.00367. The van der Waals surface area contributed by atoms with E-state index in [4.69, 9.17) is 45.5 Å². The van der Waals surface area contributed by atoms with Gasteiger partial charge in [0.25, 0.3) is 0 Å². The molecule has 1 aliphatic rings. The van der Waals surface area contributed by atoms with Gasteiger partial charge in [0.15, 0.2) is 5.96 Å². The first-order chi connectivity index (χ1) is 37.1. The van der Waals surface area contributed by atoms with E-state index in [1.165, 1.54) is 29.2 Å². The van der Waals surface area contributed by atoms with E-state index in [0.29, 0.717) is 44.2 Å². The van der Waals surface area contributed by atoms with Crippen LogP contribution in [0, 0.1) is 11.2 Å². The number of aliphatic hydroxyl groups is 2. The van der Waals surface area contributed by atoms with Gasteiger partial charge in [0.05, 0.1) is 24.8 Å². The number of carboxylic acid groups (broad SMARTS) is 1. The summed E-state index contributed by atoms with van der Waals surface area (Å²) >= 11 is 0. The summed E-state index contributed by atoms with van der Waals surface area (Å²) < 4.78 is 14.2. The van der Waals surface area contributed by atoms with Gasteiger partial charge >= 0.3 is 5.97 Å². The van der Waals surface area contributed by atoms with Crippen molar-refractivity contribution >= 4 is 59.2 Å². The molecule has 29 nitrogen and oxygen atoms in total. The molecular weight excluding hydrogens is 1030 g/mol. The third-order valence-corrected chi connectivity index (χ3v) is 12.4. The lowest BCUT2D eigenvalue weighted by atomic mass is 10.0. The maximum absolute atomic E-state index is 14.3. The summed E-state index contributed by atoms with van der Waals surface area (Å²) in [6.45, 7) is -1.11. The van der Waals surface area contributed by atoms with E-state index in [-0.39, 0.29) is 83.5 Å². The molecule has 1 aromatic carbocycles. The second-order valence-corrected chi connectivity index (χ2v) is 18.5. The first kappa shape index (κ1) is 67.2. The largest absolute Gasteiger partial charge is 0.477 e. The standard InChI is InChI=1S/C48H82FN17O12/c49-28-10-5-9-27(23-28)16-17-31(42(72)61-30(12-2-4-19-51)41(71)63-33(47(77)78)14-7-21-58-48(56)57)62-43(73)34-15-8-22-66(34)46(76)32(13-6-20-52)60-37(69)26-59-44(74)38(35(67)24-53)65-45(75)39(36(68)25-54)64-40(70)29(55)11-1-3-18-50/h5,9-10,14,23,29-32,34-36,38-39,67-68H,1-4,6-8,11-13,15-22,24-26,50-55H2,(H,59,74)(H,60,69)(H,61,72)(H,62,73)(H,63,71)(H,64,70)(H,65,75)(H,77,78)(H4,56,57,58)/b33-14-/t29-,30-,31-,32+,34-,35-,36-,38-,39-/m0/s1. The molecule has 26 N–H and O–H groups in total. The van der Waals surface area contributed by atoms with Gasteiger partial charge in [0, 0.05) is 26.2 Å². The molecule has 78 heavy (non-hydrogen) atoms. The number of hydrogen-bond donors (Lipinski definition) is 19. The normalized spacial score (nSPS) is 16.4. The van der Waals surface area contributed by atoms with E-state index in [1.54, 1.807) is 6.07 Å². The molecule has 30 heteroatoms. The highest BCUT2D eigenvalue weighted by Gasteiger charge is 2.40. The van der Waals surface area contributed by atoms with Crippen molar-refractivity contribution in [3.05, 3.63) is 47.4 Å². The molecule has 0 radical (unpaired) electrons. The van der Waals surface area contributed by atoms with Crippen LogP contribution in [0.3, 0.4) is 0 Å². The highest BCUT2D eigenvalue weighted by atomic mass is 19.1. The molecule has 0 unspecified atom stereocenters. The Hall–Kier alpha value is -6.93. The van der Waals surface area contributed by atoms with Crippen LogP contribution in [0.5, 0.6) is 0 Å². The second-order valence-electron chi connectivity index (χ2n) is 18.5. The number of nitrogens with zero attached hydrogens (tertiary/aromatic N) is 1. The number of hydrogen-bond acceptors (Lipinski definition) is 18. The molecule has 0 bridgehead atoms. The van der Waals surface area contributed by atoms with Crippen molar-refractivity contribution in [1.29, 1.82) is 5.41 Å². The molecule has 8 amide bonds. The number of carbonyl (C=O) groups excluding carboxylic acids is 8. The highest BCUT2D eigenvalue weighted by molar-refractivity contribution is 5.99. The molecule has 0 aliphatic carbocycles. The van der Waals surface area contributed by atoms with Gasteiger partial charge in [-0.05, 0) is 114 Å². The Kier molecular flexibility index (Phi) is 31.2. The van der Waals surface area contributed by atoms with Crippen molar-refractivity contribution in [3.63, 3.8) is 0 Å². The van der Waals surface area contributed by atoms with E-state index < -0.39 is 139 Å². The van der Waals surface area contributed by atoms with Gasteiger partial charge < -0.3 is 103 Å². The smallest absolute Gasteiger partial charge is 0.352 e. The third kappa shape index (κ3) is 23.8. The van der Waals surface area contributed by atoms with Gasteiger partial charge in [0.2, 0.25) is 47.3 Å². The van der Waals surface area contributed by atoms with Gasteiger partial charge in [-0.15, -0.1) is 0 Å². The average molecular weight is 1110 g/mol. The number of rotatable bonds is 37. The summed E-state index contributed by atoms with van der Waals surface area (Å²) in [5.41, 5.74) is 39.3. The van der Waals surface area contributed by atoms with Crippen LogP contribution in [0.1, 0.15) is 82.6 Å². The second kappa shape index (κ2) is 36.2. The zero-order valence-electron chi connectivity index (χ0n) is 43.8. The van der Waals surface area contributed by atoms with Gasteiger partial charge in [-0.1, -0.05) is 24.6 Å². The number of unbranched alkanes of at least 4 members (excludes halogenated alkanes) is 2. The van der Waals surface area contributed by atoms with Crippen LogP contribution in [-0.4, -0.2) is 186 Å². The summed E-state index contributed by atoms with van der Waals surface area (Å²) in [6.07, 6.45) is 0.392. The fraction of sp³-hybridized carbons (Fsp3) is 0.625. The van der Waals surface area contributed by atoms with Crippen LogP contribution >= 0.6 is 0 Å². The van der Waals surface area contributed by atoms with Crippen LogP contribution in [0.4, 0.5) is 4.39 Å². The minimum Gasteiger partial charge on any atom is -0.477 e. The summed E-state index contributed by atoms with van der Waals surface area (Å²) in [6, 6.07) is -4.37. The number of likely N-dealkylation sites (tertiary alicyclic amines) is 1. The summed E-state index contributed by atoms with van der Waals surface area (Å²) in [5, 5.41) is 57.7. The van der Waals surface area contributed by atoms with Crippen LogP contribution in [0.25, 0.3) is 0 Å². The van der Waals surface area contributed by atoms with Crippen LogP contribution in [0.15, 0.2) is 36.0 Å². The number of nitrogens with two attached hydrogens (primary N) is 7. The molecular formula is C48H82FN17O12. The van der Waals surface area contributed by atoms with E-state index >= 15 is 0 Å². The predicted molar refractivity (Wildman–Crippen MR) is 283 cm³/mol. The third-order valence-electron chi connectivity index (χ3n) is 12.4. The molecule has 9 atom stereocenters. The molecule has 1 heterocycles. The maximum atomic E-state index is 14.3. The number of halogens is 1. The lowest BCUT2D eigenvalue weighted by Gasteiger charge is -2.30. The predicted octanol–water partition coefficient (Wildman–Crippen LogP) is -6.79. The number of benzene rings is 1. The van der Waals surface area contributed by atoms with Gasteiger partial charge in [-0.25, -0.2) is 9.18 Å². The van der Waals surface area contributed by atoms with Crippen molar-refractivity contribution in [2.45, 2.75) is 138 Å². The number of nitrogens with one attached hydrogen (secondary N) is 9. The topological polar surface area (TPSA) is 520 Å². The van der Waals surface area contributed by atoms with Crippen molar-refractivity contribution in [1.82, 2.24) is 47.4 Å². The first-order valence-corrected chi connectivity index (χ1v) is 25.9. The molecule has 0 spiro atoms. The summed E-state index contributed by atoms with van der Waals surface area (Å²) in [7, 11) is 0. The Bertz CT molecular complexity index is 2190. The van der Waals surface area contributed by atoms with Gasteiger partial charge in [-0.2, -0.15) is 0 Å². The number of carbonyl (C=O) groups is 9. The van der Waals surface area contributed by atoms with Crippen molar-refractivity contribution < 1.29 is 62.9 Å². The maximum Gasteiger partial charge on any atom is 0.352 e. The number of carboxylic acids is 1. The number of aliphatic carboxylic acids is 1. The molecule has 0 saturated carbocycles. The van der Waals surface area contributed by atoms with Crippen molar-refractivity contribution in [2.75, 3.05) is 52.4 Å².